The molecule has 0 aliphatic heterocycles. The van der Waals surface area contributed by atoms with Crippen LogP contribution in [0.3, 0.4) is 0 Å². The van der Waals surface area contributed by atoms with Crippen LogP contribution in [0.25, 0.3) is 0 Å². The van der Waals surface area contributed by atoms with Crippen LogP contribution < -0.4 is 9.62 Å². The summed E-state index contributed by atoms with van der Waals surface area (Å²) in [4.78, 5) is 12.5. The summed E-state index contributed by atoms with van der Waals surface area (Å²) in [6.45, 7) is 4.16. The van der Waals surface area contributed by atoms with Crippen LogP contribution in [0.1, 0.15) is 41.3 Å². The lowest BCUT2D eigenvalue weighted by Gasteiger charge is -2.23. The van der Waals surface area contributed by atoms with Crippen molar-refractivity contribution in [3.63, 3.8) is 0 Å². The number of hydrogen-bond donors (Lipinski definition) is 1. The minimum absolute atomic E-state index is 0.0170. The maximum Gasteiger partial charge on any atom is 0.255 e. The van der Waals surface area contributed by atoms with Gasteiger partial charge in [0.2, 0.25) is 10.0 Å². The fourth-order valence-corrected chi connectivity index (χ4v) is 4.01. The molecule has 0 aliphatic rings. The van der Waals surface area contributed by atoms with Crippen LogP contribution in [-0.4, -0.2) is 20.6 Å². The maximum absolute atomic E-state index is 14.2. The fraction of sp³-hybridized carbons (Fsp3) is 0.208. The number of carbonyl (C=O) groups is 1. The summed E-state index contributed by atoms with van der Waals surface area (Å²) < 4.78 is 39.6. The quantitative estimate of drug-likeness (QED) is 0.551. The van der Waals surface area contributed by atoms with Crippen molar-refractivity contribution >= 4 is 27.3 Å². The molecular weight excluding hydrogens is 415 g/mol. The molecule has 7 heteroatoms. The van der Waals surface area contributed by atoms with E-state index in [9.17, 15) is 17.6 Å². The third kappa shape index (κ3) is 5.70. The molecule has 0 fully saturated rings. The number of nitrogens with zero attached hydrogens (tertiary/aromatic N) is 1. The predicted octanol–water partition coefficient (Wildman–Crippen LogP) is 5.17. The third-order valence-corrected chi connectivity index (χ3v) is 6.03. The molecule has 162 valence electrons. The van der Waals surface area contributed by atoms with Crippen molar-refractivity contribution in [2.45, 2.75) is 26.3 Å². The van der Waals surface area contributed by atoms with Gasteiger partial charge in [-0.05, 0) is 53.4 Å². The first-order valence-corrected chi connectivity index (χ1v) is 11.7. The third-order valence-electron chi connectivity index (χ3n) is 4.90. The smallest absolute Gasteiger partial charge is 0.255 e. The van der Waals surface area contributed by atoms with Gasteiger partial charge in [0.05, 0.1) is 18.5 Å². The predicted molar refractivity (Wildman–Crippen MR) is 122 cm³/mol. The molecule has 1 amide bonds. The molecule has 5 nitrogen and oxygen atoms in total. The zero-order chi connectivity index (χ0) is 22.6. The normalized spacial score (nSPS) is 11.4. The molecule has 0 unspecified atom stereocenters. The summed E-state index contributed by atoms with van der Waals surface area (Å²) in [5.74, 6) is -0.474. The maximum atomic E-state index is 14.2. The van der Waals surface area contributed by atoms with Gasteiger partial charge < -0.3 is 5.32 Å². The largest absolute Gasteiger partial charge is 0.322 e. The second kappa shape index (κ2) is 9.31. The van der Waals surface area contributed by atoms with Crippen molar-refractivity contribution in [1.82, 2.24) is 0 Å². The van der Waals surface area contributed by atoms with Gasteiger partial charge >= 0.3 is 0 Å². The number of amides is 1. The van der Waals surface area contributed by atoms with Gasteiger partial charge in [-0.15, -0.1) is 0 Å². The number of sulfonamides is 1. The Balaban J connectivity index is 1.74. The number of halogens is 1. The van der Waals surface area contributed by atoms with Crippen molar-refractivity contribution in [3.05, 3.63) is 95.3 Å². The van der Waals surface area contributed by atoms with E-state index in [2.05, 4.69) is 19.2 Å². The van der Waals surface area contributed by atoms with Crippen LogP contribution >= 0.6 is 0 Å². The Morgan fingerprint density at radius 1 is 0.968 bits per heavy atom. The van der Waals surface area contributed by atoms with Crippen molar-refractivity contribution in [2.24, 2.45) is 0 Å². The second-order valence-electron chi connectivity index (χ2n) is 7.65. The fourth-order valence-electron chi connectivity index (χ4n) is 3.12. The topological polar surface area (TPSA) is 66.5 Å². The minimum atomic E-state index is -3.70. The number of benzene rings is 3. The first kappa shape index (κ1) is 22.5. The van der Waals surface area contributed by atoms with Gasteiger partial charge in [0.25, 0.3) is 5.91 Å². The van der Waals surface area contributed by atoms with Crippen LogP contribution in [0.2, 0.25) is 0 Å². The Morgan fingerprint density at radius 2 is 1.58 bits per heavy atom. The molecule has 0 atom stereocenters. The highest BCUT2D eigenvalue weighted by Gasteiger charge is 2.21. The SMILES string of the molecule is CC(C)c1ccc(NC(=O)c2ccc(CN(c3ccccc3F)S(C)(=O)=O)cc2)cc1. The van der Waals surface area contributed by atoms with E-state index >= 15 is 0 Å². The Hall–Kier alpha value is -3.19. The second-order valence-corrected chi connectivity index (χ2v) is 9.56. The van der Waals surface area contributed by atoms with E-state index in [1.807, 2.05) is 24.3 Å². The van der Waals surface area contributed by atoms with Gasteiger partial charge in [0.1, 0.15) is 5.82 Å². The molecular formula is C24H25FN2O3S. The monoisotopic (exact) mass is 440 g/mol. The van der Waals surface area contributed by atoms with Gasteiger partial charge in [-0.3, -0.25) is 9.10 Å². The standard InChI is InChI=1S/C24H25FN2O3S/c1-17(2)19-12-14-21(15-13-19)26-24(28)20-10-8-18(9-11-20)16-27(31(3,29)30)23-7-5-4-6-22(23)25/h4-15,17H,16H2,1-3H3,(H,26,28). The summed E-state index contributed by atoms with van der Waals surface area (Å²) in [6, 6.07) is 20.0. The minimum Gasteiger partial charge on any atom is -0.322 e. The van der Waals surface area contributed by atoms with E-state index in [0.29, 0.717) is 22.7 Å². The van der Waals surface area contributed by atoms with Crippen LogP contribution in [0.4, 0.5) is 15.8 Å². The molecule has 31 heavy (non-hydrogen) atoms. The highest BCUT2D eigenvalue weighted by molar-refractivity contribution is 7.92. The van der Waals surface area contributed by atoms with Crippen LogP contribution in [0.15, 0.2) is 72.8 Å². The molecule has 0 aromatic heterocycles. The molecule has 0 aliphatic carbocycles. The molecule has 3 aromatic rings. The van der Waals surface area contributed by atoms with E-state index < -0.39 is 15.8 Å². The molecule has 0 bridgehead atoms. The first-order chi connectivity index (χ1) is 14.6. The van der Waals surface area contributed by atoms with Gasteiger partial charge in [-0.25, -0.2) is 12.8 Å². The highest BCUT2D eigenvalue weighted by atomic mass is 32.2. The summed E-state index contributed by atoms with van der Waals surface area (Å²) in [6.07, 6.45) is 1.03. The summed E-state index contributed by atoms with van der Waals surface area (Å²) in [5.41, 5.74) is 2.94. The van der Waals surface area contributed by atoms with Gasteiger partial charge in [0.15, 0.2) is 0 Å². The van der Waals surface area contributed by atoms with Crippen LogP contribution in [-0.2, 0) is 16.6 Å². The zero-order valence-electron chi connectivity index (χ0n) is 17.7. The van der Waals surface area contributed by atoms with E-state index in [1.165, 1.54) is 23.8 Å². The average molecular weight is 441 g/mol. The molecule has 1 N–H and O–H groups in total. The van der Waals surface area contributed by atoms with E-state index in [4.69, 9.17) is 0 Å². The van der Waals surface area contributed by atoms with E-state index in [0.717, 1.165) is 10.6 Å². The first-order valence-electron chi connectivity index (χ1n) is 9.87. The van der Waals surface area contributed by atoms with Crippen molar-refractivity contribution in [2.75, 3.05) is 15.9 Å². The van der Waals surface area contributed by atoms with Crippen molar-refractivity contribution in [1.29, 1.82) is 0 Å². The van der Waals surface area contributed by atoms with Crippen LogP contribution in [0, 0.1) is 5.82 Å². The van der Waals surface area contributed by atoms with E-state index in [1.54, 1.807) is 30.3 Å². The lowest BCUT2D eigenvalue weighted by molar-refractivity contribution is 0.102. The number of hydrogen-bond acceptors (Lipinski definition) is 3. The molecule has 3 aromatic carbocycles. The lowest BCUT2D eigenvalue weighted by Crippen LogP contribution is -2.30. The number of rotatable bonds is 7. The number of para-hydroxylation sites is 1. The summed E-state index contributed by atoms with van der Waals surface area (Å²) >= 11 is 0. The average Bonchev–Trinajstić information content (AvgIpc) is 2.72. The van der Waals surface area contributed by atoms with Gasteiger partial charge in [0, 0.05) is 11.3 Å². The Labute approximate surface area is 182 Å². The Bertz CT molecular complexity index is 1160. The number of carbonyl (C=O) groups excluding carboxylic acids is 1. The molecule has 0 saturated heterocycles. The summed E-state index contributed by atoms with van der Waals surface area (Å²) in [7, 11) is -3.70. The van der Waals surface area contributed by atoms with Crippen molar-refractivity contribution in [3.8, 4) is 0 Å². The number of nitrogens with one attached hydrogen (secondary N) is 1. The Morgan fingerprint density at radius 3 is 2.13 bits per heavy atom. The molecule has 0 saturated carbocycles. The molecule has 0 spiro atoms. The zero-order valence-corrected chi connectivity index (χ0v) is 18.5. The number of anilines is 2. The Kier molecular flexibility index (Phi) is 6.75. The van der Waals surface area contributed by atoms with Gasteiger partial charge in [-0.2, -0.15) is 0 Å². The van der Waals surface area contributed by atoms with Crippen molar-refractivity contribution < 1.29 is 17.6 Å². The summed E-state index contributed by atoms with van der Waals surface area (Å²) in [5, 5.41) is 2.85. The molecule has 0 radical (unpaired) electrons. The van der Waals surface area contributed by atoms with E-state index in [-0.39, 0.29) is 18.1 Å². The van der Waals surface area contributed by atoms with Crippen LogP contribution in [0.5, 0.6) is 0 Å². The lowest BCUT2D eigenvalue weighted by atomic mass is 10.0. The van der Waals surface area contributed by atoms with Gasteiger partial charge in [-0.1, -0.05) is 50.2 Å². The molecule has 0 heterocycles. The highest BCUT2D eigenvalue weighted by Crippen LogP contribution is 2.24. The molecule has 3 rings (SSSR count).